The normalized spacial score (nSPS) is 19.5. The van der Waals surface area contributed by atoms with E-state index in [9.17, 15) is 24.0 Å². The van der Waals surface area contributed by atoms with Gasteiger partial charge >= 0.3 is 12.1 Å². The number of benzene rings is 1. The number of likely N-dealkylation sites (tertiary alicyclic amines) is 1. The van der Waals surface area contributed by atoms with E-state index in [4.69, 9.17) is 9.47 Å². The lowest BCUT2D eigenvalue weighted by molar-refractivity contribution is -0.148. The van der Waals surface area contributed by atoms with E-state index in [0.29, 0.717) is 0 Å². The van der Waals surface area contributed by atoms with Gasteiger partial charge in [0.1, 0.15) is 24.4 Å². The number of rotatable bonds is 12. The van der Waals surface area contributed by atoms with Crippen molar-refractivity contribution in [1.29, 1.82) is 0 Å². The molecular weight excluding hydrogens is 592 g/mol. The Hall–Kier alpha value is -4.55. The Kier molecular flexibility index (Phi) is 12.4. The maximum absolute atomic E-state index is 13.8. The average Bonchev–Trinajstić information content (AvgIpc) is 3.49. The van der Waals surface area contributed by atoms with Crippen LogP contribution < -0.4 is 16.0 Å². The van der Waals surface area contributed by atoms with Crippen molar-refractivity contribution in [2.45, 2.75) is 77.6 Å². The Labute approximate surface area is 269 Å². The Balaban J connectivity index is 1.45. The van der Waals surface area contributed by atoms with E-state index in [1.807, 2.05) is 30.3 Å². The van der Waals surface area contributed by atoms with Crippen LogP contribution in [0.3, 0.4) is 0 Å². The molecule has 1 saturated heterocycles. The first-order chi connectivity index (χ1) is 22.2. The van der Waals surface area contributed by atoms with Crippen molar-refractivity contribution < 1.29 is 33.4 Å². The van der Waals surface area contributed by atoms with Crippen molar-refractivity contribution in [2.24, 2.45) is 17.8 Å². The van der Waals surface area contributed by atoms with Crippen LogP contribution in [0.15, 0.2) is 48.9 Å². The number of carbonyl (C=O) groups excluding carboxylic acids is 5. The van der Waals surface area contributed by atoms with Gasteiger partial charge in [-0.05, 0) is 37.2 Å². The summed E-state index contributed by atoms with van der Waals surface area (Å²) in [6.45, 7) is 5.51. The molecule has 1 aliphatic carbocycles. The van der Waals surface area contributed by atoms with Crippen molar-refractivity contribution in [1.82, 2.24) is 30.8 Å². The average molecular weight is 637 g/mol. The van der Waals surface area contributed by atoms with Gasteiger partial charge < -0.3 is 30.3 Å². The third kappa shape index (κ3) is 9.24. The molecule has 0 bridgehead atoms. The van der Waals surface area contributed by atoms with Crippen LogP contribution in [0.25, 0.3) is 0 Å². The second kappa shape index (κ2) is 16.7. The van der Waals surface area contributed by atoms with Crippen LogP contribution in [0.2, 0.25) is 0 Å². The molecule has 1 unspecified atom stereocenters. The molecule has 2 aromatic rings. The molecule has 1 saturated carbocycles. The third-order valence-corrected chi connectivity index (χ3v) is 8.43. The van der Waals surface area contributed by atoms with Gasteiger partial charge in [-0.3, -0.25) is 24.2 Å². The maximum atomic E-state index is 13.8. The summed E-state index contributed by atoms with van der Waals surface area (Å²) in [6, 6.07) is 6.60. The summed E-state index contributed by atoms with van der Waals surface area (Å²) in [5.41, 5.74) is 0.907. The Bertz CT molecular complexity index is 1340. The molecule has 4 rings (SSSR count). The van der Waals surface area contributed by atoms with E-state index < -0.39 is 53.8 Å². The number of ether oxygens (including phenoxy) is 2. The summed E-state index contributed by atoms with van der Waals surface area (Å²) in [4.78, 5) is 75.6. The molecule has 0 radical (unpaired) electrons. The van der Waals surface area contributed by atoms with Crippen LogP contribution in [0.5, 0.6) is 0 Å². The van der Waals surface area contributed by atoms with Gasteiger partial charge in [-0.25, -0.2) is 9.78 Å². The quantitative estimate of drug-likeness (QED) is 0.297. The molecule has 4 atom stereocenters. The fourth-order valence-corrected chi connectivity index (χ4v) is 5.94. The smallest absolute Gasteiger partial charge is 0.410 e. The number of esters is 1. The molecule has 46 heavy (non-hydrogen) atoms. The van der Waals surface area contributed by atoms with Gasteiger partial charge in [-0.1, -0.05) is 63.4 Å². The molecule has 2 heterocycles. The summed E-state index contributed by atoms with van der Waals surface area (Å²) in [6.07, 6.45) is 8.02. The first-order valence-corrected chi connectivity index (χ1v) is 16.0. The highest BCUT2D eigenvalue weighted by Crippen LogP contribution is 2.27. The highest BCUT2D eigenvalue weighted by atomic mass is 16.6. The minimum Gasteiger partial charge on any atom is -0.466 e. The molecule has 248 valence electrons. The van der Waals surface area contributed by atoms with Gasteiger partial charge in [-0.15, -0.1) is 0 Å². The van der Waals surface area contributed by atoms with Gasteiger partial charge in [0.05, 0.1) is 24.8 Å². The fourth-order valence-electron chi connectivity index (χ4n) is 5.94. The van der Waals surface area contributed by atoms with Crippen molar-refractivity contribution in [2.75, 3.05) is 19.7 Å². The molecule has 1 aromatic heterocycles. The zero-order valence-electron chi connectivity index (χ0n) is 26.6. The topological polar surface area (TPSA) is 169 Å². The molecular formula is C33H44N6O7. The number of hydrogen-bond donors (Lipinski definition) is 3. The minimum atomic E-state index is -0.978. The van der Waals surface area contributed by atoms with Crippen LogP contribution in [0.4, 0.5) is 4.79 Å². The maximum Gasteiger partial charge on any atom is 0.410 e. The summed E-state index contributed by atoms with van der Waals surface area (Å²) in [7, 11) is 0. The van der Waals surface area contributed by atoms with Crippen LogP contribution in [0.1, 0.15) is 68.9 Å². The van der Waals surface area contributed by atoms with Crippen molar-refractivity contribution >= 4 is 29.8 Å². The molecule has 1 aromatic carbocycles. The predicted molar refractivity (Wildman–Crippen MR) is 167 cm³/mol. The Morgan fingerprint density at radius 3 is 2.33 bits per heavy atom. The summed E-state index contributed by atoms with van der Waals surface area (Å²) < 4.78 is 10.7. The SMILES string of the molecule is CCOC(=O)[C@@H]1CN(C(=O)OCc2ccccc2)C[C@@H]1NC(=O)C(NC(=O)[C@@H](NC(=O)c1cnccn1)C1CCCCC1)C(C)C. The van der Waals surface area contributed by atoms with Gasteiger partial charge in [0.25, 0.3) is 5.91 Å². The predicted octanol–water partition coefficient (Wildman–Crippen LogP) is 2.61. The van der Waals surface area contributed by atoms with E-state index in [-0.39, 0.29) is 43.8 Å². The number of carbonyl (C=O) groups is 5. The van der Waals surface area contributed by atoms with Crippen LogP contribution in [-0.4, -0.2) is 82.5 Å². The molecule has 0 spiro atoms. The zero-order chi connectivity index (χ0) is 33.1. The number of amides is 4. The molecule has 3 N–H and O–H groups in total. The number of aromatic nitrogens is 2. The summed E-state index contributed by atoms with van der Waals surface area (Å²) in [5.74, 6) is -3.31. The fraction of sp³-hybridized carbons (Fsp3) is 0.545. The number of nitrogens with zero attached hydrogens (tertiary/aromatic N) is 3. The molecule has 13 heteroatoms. The monoisotopic (exact) mass is 636 g/mol. The first kappa shape index (κ1) is 34.3. The Morgan fingerprint density at radius 2 is 1.67 bits per heavy atom. The molecule has 1 aliphatic heterocycles. The molecule has 13 nitrogen and oxygen atoms in total. The van der Waals surface area contributed by atoms with Crippen molar-refractivity contribution in [3.8, 4) is 0 Å². The van der Waals surface area contributed by atoms with E-state index in [1.54, 1.807) is 20.8 Å². The van der Waals surface area contributed by atoms with Crippen LogP contribution >= 0.6 is 0 Å². The van der Waals surface area contributed by atoms with Crippen LogP contribution in [-0.2, 0) is 30.5 Å². The zero-order valence-corrected chi connectivity index (χ0v) is 26.6. The van der Waals surface area contributed by atoms with Gasteiger partial charge in [0, 0.05) is 25.5 Å². The second-order valence-electron chi connectivity index (χ2n) is 12.1. The highest BCUT2D eigenvalue weighted by Gasteiger charge is 2.43. The summed E-state index contributed by atoms with van der Waals surface area (Å²) in [5, 5.41) is 8.58. The second-order valence-corrected chi connectivity index (χ2v) is 12.1. The number of nitrogens with one attached hydrogen (secondary N) is 3. The highest BCUT2D eigenvalue weighted by molar-refractivity contribution is 5.97. The molecule has 4 amide bonds. The lowest BCUT2D eigenvalue weighted by Gasteiger charge is -2.32. The number of hydrogen-bond acceptors (Lipinski definition) is 9. The molecule has 2 fully saturated rings. The third-order valence-electron chi connectivity index (χ3n) is 8.43. The molecule has 2 aliphatic rings. The van der Waals surface area contributed by atoms with Crippen molar-refractivity contribution in [3.05, 3.63) is 60.2 Å². The van der Waals surface area contributed by atoms with E-state index in [1.165, 1.54) is 23.5 Å². The van der Waals surface area contributed by atoms with E-state index in [2.05, 4.69) is 25.9 Å². The lowest BCUT2D eigenvalue weighted by Crippen LogP contribution is -2.59. The van der Waals surface area contributed by atoms with Gasteiger partial charge in [0.15, 0.2) is 0 Å². The lowest BCUT2D eigenvalue weighted by atomic mass is 9.83. The standard InChI is InChI=1S/C33H44N6O7/c1-4-45-32(43)24-18-39(33(44)46-20-22-11-7-5-8-12-22)19-26(24)36-30(41)27(21(2)3)37-31(42)28(23-13-9-6-10-14-23)38-29(40)25-17-34-15-16-35-25/h5,7-8,11-12,15-17,21,23-24,26-28H,4,6,9-10,13-14,18-20H2,1-3H3,(H,36,41)(H,37,42)(H,38,40)/t24-,26+,27?,28+/m1/s1. The van der Waals surface area contributed by atoms with E-state index in [0.717, 1.165) is 37.7 Å². The Morgan fingerprint density at radius 1 is 0.935 bits per heavy atom. The first-order valence-electron chi connectivity index (χ1n) is 16.0. The van der Waals surface area contributed by atoms with E-state index >= 15 is 0 Å². The van der Waals surface area contributed by atoms with Gasteiger partial charge in [-0.2, -0.15) is 0 Å². The largest absolute Gasteiger partial charge is 0.466 e. The van der Waals surface area contributed by atoms with Crippen molar-refractivity contribution in [3.63, 3.8) is 0 Å². The van der Waals surface area contributed by atoms with Gasteiger partial charge in [0.2, 0.25) is 11.8 Å². The van der Waals surface area contributed by atoms with Crippen LogP contribution in [0, 0.1) is 17.8 Å². The summed E-state index contributed by atoms with van der Waals surface area (Å²) >= 11 is 0. The minimum absolute atomic E-state index is 0.00821.